The van der Waals surface area contributed by atoms with Crippen LogP contribution >= 0.6 is 0 Å². The topological polar surface area (TPSA) is 109 Å². The van der Waals surface area contributed by atoms with E-state index in [1.165, 1.54) is 12.1 Å². The molecule has 4 aromatic rings. The number of alkyl carbamates (subject to hydrolysis) is 1. The minimum absolute atomic E-state index is 0.0962. The molecule has 1 atom stereocenters. The van der Waals surface area contributed by atoms with Crippen molar-refractivity contribution in [3.8, 4) is 11.3 Å². The van der Waals surface area contributed by atoms with Gasteiger partial charge in [-0.2, -0.15) is 5.10 Å². The molecule has 3 amide bonds. The van der Waals surface area contributed by atoms with Crippen LogP contribution in [-0.4, -0.2) is 73.5 Å². The number of hydrogen-bond acceptors (Lipinski definition) is 6. The van der Waals surface area contributed by atoms with E-state index < -0.39 is 11.6 Å². The fraction of sp³-hybridized carbons (Fsp3) is 0.364. The number of piperazine rings is 1. The van der Waals surface area contributed by atoms with E-state index in [0.717, 1.165) is 16.7 Å². The van der Waals surface area contributed by atoms with Crippen LogP contribution in [0.25, 0.3) is 16.9 Å². The van der Waals surface area contributed by atoms with Crippen LogP contribution in [0.2, 0.25) is 0 Å². The summed E-state index contributed by atoms with van der Waals surface area (Å²) in [6.07, 6.45) is 0.935. The maximum Gasteiger partial charge on any atom is 0.408 e. The molecule has 5 rings (SSSR count). The Morgan fingerprint density at radius 3 is 2.43 bits per heavy atom. The van der Waals surface area contributed by atoms with Gasteiger partial charge in [0, 0.05) is 36.8 Å². The molecule has 230 valence electrons. The Morgan fingerprint density at radius 2 is 1.77 bits per heavy atom. The van der Waals surface area contributed by atoms with Gasteiger partial charge >= 0.3 is 6.09 Å². The van der Waals surface area contributed by atoms with Gasteiger partial charge in [0.15, 0.2) is 5.65 Å². The van der Waals surface area contributed by atoms with Gasteiger partial charge < -0.3 is 19.9 Å². The summed E-state index contributed by atoms with van der Waals surface area (Å²) in [4.78, 5) is 47.6. The van der Waals surface area contributed by atoms with E-state index in [-0.39, 0.29) is 41.9 Å². The molecule has 0 bridgehead atoms. The first-order chi connectivity index (χ1) is 20.9. The first-order valence-electron chi connectivity index (χ1n) is 14.7. The second-order valence-electron chi connectivity index (χ2n) is 12.0. The van der Waals surface area contributed by atoms with E-state index in [1.807, 2.05) is 57.2 Å². The molecule has 10 nitrogen and oxygen atoms in total. The van der Waals surface area contributed by atoms with Crippen LogP contribution in [0.1, 0.15) is 62.2 Å². The molecule has 1 saturated heterocycles. The van der Waals surface area contributed by atoms with Crippen LogP contribution in [0, 0.1) is 5.82 Å². The van der Waals surface area contributed by atoms with Gasteiger partial charge in [-0.05, 0) is 62.6 Å². The fourth-order valence-electron chi connectivity index (χ4n) is 5.32. The maximum atomic E-state index is 13.6. The highest BCUT2D eigenvalue weighted by molar-refractivity contribution is 5.94. The minimum atomic E-state index is -1.21. The van der Waals surface area contributed by atoms with E-state index in [1.54, 1.807) is 46.5 Å². The molecule has 0 saturated carbocycles. The highest BCUT2D eigenvalue weighted by Crippen LogP contribution is 2.27. The average Bonchev–Trinajstić information content (AvgIpc) is 3.43. The van der Waals surface area contributed by atoms with Gasteiger partial charge in [-0.3, -0.25) is 9.59 Å². The Labute approximate surface area is 255 Å². The molecule has 1 N–H and O–H groups in total. The lowest BCUT2D eigenvalue weighted by molar-refractivity contribution is -0.141. The average molecular weight is 601 g/mol. The van der Waals surface area contributed by atoms with Crippen LogP contribution in [0.15, 0.2) is 66.9 Å². The van der Waals surface area contributed by atoms with Crippen LogP contribution in [0.3, 0.4) is 0 Å². The van der Waals surface area contributed by atoms with Crippen molar-refractivity contribution in [1.29, 1.82) is 0 Å². The number of hydrogen-bond donors (Lipinski definition) is 1. The zero-order valence-corrected chi connectivity index (χ0v) is 25.6. The number of nitrogens with one attached hydrogen (secondary N) is 1. The zero-order chi connectivity index (χ0) is 31.6. The Morgan fingerprint density at radius 1 is 1.07 bits per heavy atom. The monoisotopic (exact) mass is 600 g/mol. The lowest BCUT2D eigenvalue weighted by Gasteiger charge is -2.42. The Balaban J connectivity index is 1.26. The van der Waals surface area contributed by atoms with Gasteiger partial charge in [-0.1, -0.05) is 44.2 Å². The smallest absolute Gasteiger partial charge is 0.408 e. The molecule has 1 fully saturated rings. The fourth-order valence-corrected chi connectivity index (χ4v) is 5.32. The molecule has 11 heteroatoms. The van der Waals surface area contributed by atoms with Gasteiger partial charge in [0.25, 0.3) is 5.91 Å². The van der Waals surface area contributed by atoms with E-state index in [0.29, 0.717) is 31.0 Å². The predicted octanol–water partition coefficient (Wildman–Crippen LogP) is 5.04. The number of fused-ring (bicyclic) bond motifs is 1. The molecule has 3 heterocycles. The van der Waals surface area contributed by atoms with Crippen molar-refractivity contribution in [1.82, 2.24) is 29.7 Å². The van der Waals surface area contributed by atoms with Crippen LogP contribution < -0.4 is 5.32 Å². The van der Waals surface area contributed by atoms with Gasteiger partial charge in [-0.25, -0.2) is 18.7 Å². The molecule has 0 radical (unpaired) electrons. The molecule has 1 aliphatic rings. The third kappa shape index (κ3) is 6.56. The molecule has 2 aromatic heterocycles. The number of ether oxygens (including phenoxy) is 1. The quantitative estimate of drug-likeness (QED) is 0.319. The first kappa shape index (κ1) is 30.7. The SMILES string of the molecule is CC(C)c1cc(-c2ccc(F)cc2)nn2cc(C(=O)N3CCN(C(=O)C(C)(C)NC(=O)OCc4ccccc4)C(C)C3)nc12. The predicted molar refractivity (Wildman–Crippen MR) is 163 cm³/mol. The van der Waals surface area contributed by atoms with Crippen molar-refractivity contribution in [2.75, 3.05) is 19.6 Å². The van der Waals surface area contributed by atoms with Crippen molar-refractivity contribution in [2.24, 2.45) is 0 Å². The molecular formula is C33H37FN6O4. The molecule has 44 heavy (non-hydrogen) atoms. The molecular weight excluding hydrogens is 563 g/mol. The Hall–Kier alpha value is -4.80. The number of rotatable bonds is 7. The summed E-state index contributed by atoms with van der Waals surface area (Å²) in [5, 5.41) is 7.34. The second-order valence-corrected chi connectivity index (χ2v) is 12.0. The van der Waals surface area contributed by atoms with Crippen LogP contribution in [0.4, 0.5) is 9.18 Å². The van der Waals surface area contributed by atoms with E-state index >= 15 is 0 Å². The summed E-state index contributed by atoms with van der Waals surface area (Å²) < 4.78 is 20.4. The molecule has 0 spiro atoms. The molecule has 1 aliphatic heterocycles. The van der Waals surface area contributed by atoms with Crippen molar-refractivity contribution in [3.05, 3.63) is 89.5 Å². The van der Waals surface area contributed by atoms with Crippen molar-refractivity contribution < 1.29 is 23.5 Å². The number of aromatic nitrogens is 3. The summed E-state index contributed by atoms with van der Waals surface area (Å²) in [5.74, 6) is -0.742. The van der Waals surface area contributed by atoms with Crippen molar-refractivity contribution in [2.45, 2.75) is 58.7 Å². The second kappa shape index (κ2) is 12.4. The highest BCUT2D eigenvalue weighted by atomic mass is 19.1. The van der Waals surface area contributed by atoms with Crippen LogP contribution in [0.5, 0.6) is 0 Å². The largest absolute Gasteiger partial charge is 0.445 e. The number of carbonyl (C=O) groups excluding carboxylic acids is 3. The number of amides is 3. The standard InChI is InChI=1S/C33H37FN6O4/c1-21(2)26-17-27(24-11-13-25(34)14-12-24)37-40-19-28(35-29(26)40)30(41)38-15-16-39(22(3)18-38)31(42)33(4,5)36-32(43)44-20-23-9-7-6-8-10-23/h6-14,17,19,21-22H,15-16,18,20H2,1-5H3,(H,36,43). The minimum Gasteiger partial charge on any atom is -0.445 e. The zero-order valence-electron chi connectivity index (χ0n) is 25.6. The molecule has 1 unspecified atom stereocenters. The van der Waals surface area contributed by atoms with Gasteiger partial charge in [0.1, 0.15) is 23.7 Å². The van der Waals surface area contributed by atoms with Crippen molar-refractivity contribution in [3.63, 3.8) is 0 Å². The molecule has 2 aromatic carbocycles. The van der Waals surface area contributed by atoms with Gasteiger partial charge in [0.05, 0.1) is 11.9 Å². The summed E-state index contributed by atoms with van der Waals surface area (Å²) in [5.41, 5.74) is 2.80. The van der Waals surface area contributed by atoms with Gasteiger partial charge in [0.2, 0.25) is 5.91 Å². The normalized spacial score (nSPS) is 15.5. The number of imidazole rings is 1. The molecule has 0 aliphatic carbocycles. The highest BCUT2D eigenvalue weighted by Gasteiger charge is 2.39. The number of nitrogens with zero attached hydrogens (tertiary/aromatic N) is 5. The summed E-state index contributed by atoms with van der Waals surface area (Å²) >= 11 is 0. The number of carbonyl (C=O) groups is 3. The third-order valence-corrected chi connectivity index (χ3v) is 7.77. The van der Waals surface area contributed by atoms with Gasteiger partial charge in [-0.15, -0.1) is 0 Å². The van der Waals surface area contributed by atoms with E-state index in [4.69, 9.17) is 4.74 Å². The van der Waals surface area contributed by atoms with E-state index in [2.05, 4.69) is 15.4 Å². The van der Waals surface area contributed by atoms with E-state index in [9.17, 15) is 18.8 Å². The maximum absolute atomic E-state index is 13.6. The lowest BCUT2D eigenvalue weighted by atomic mass is 10.0. The summed E-state index contributed by atoms with van der Waals surface area (Å²) in [7, 11) is 0. The third-order valence-electron chi connectivity index (χ3n) is 7.77. The van der Waals surface area contributed by atoms with Crippen LogP contribution in [-0.2, 0) is 16.1 Å². The Bertz CT molecular complexity index is 1670. The number of benzene rings is 2. The number of halogens is 1. The Kier molecular flexibility index (Phi) is 8.66. The first-order valence-corrected chi connectivity index (χ1v) is 14.7. The summed E-state index contributed by atoms with van der Waals surface area (Å²) in [6.45, 7) is 10.2. The lowest BCUT2D eigenvalue weighted by Crippen LogP contribution is -2.63. The van der Waals surface area contributed by atoms with Crippen molar-refractivity contribution >= 4 is 23.6 Å². The summed E-state index contributed by atoms with van der Waals surface area (Å²) in [6, 6.07) is 17.0.